The normalized spacial score (nSPS) is 10.3. The van der Waals surface area contributed by atoms with E-state index in [9.17, 15) is 19.2 Å². The highest BCUT2D eigenvalue weighted by Gasteiger charge is 2.13. The molecule has 0 aliphatic rings. The van der Waals surface area contributed by atoms with Crippen LogP contribution < -0.4 is 16.4 Å². The molecule has 1 unspecified atom stereocenters. The van der Waals surface area contributed by atoms with E-state index in [2.05, 4.69) is 108 Å². The van der Waals surface area contributed by atoms with E-state index in [4.69, 9.17) is 35.6 Å². The average molecular weight is 1220 g/mol. The summed E-state index contributed by atoms with van der Waals surface area (Å²) >= 11 is 3.15. The Bertz CT molecular complexity index is 1100. The number of halogens is 1. The second-order valence-corrected chi connectivity index (χ2v) is 20.6. The Balaban J connectivity index is -0.0000000878. The molecule has 1 atom stereocenters. The van der Waals surface area contributed by atoms with Crippen LogP contribution in [0.2, 0.25) is 0 Å². The van der Waals surface area contributed by atoms with E-state index >= 15 is 0 Å². The zero-order chi connectivity index (χ0) is 64.2. The minimum Gasteiger partial charge on any atom is -0.481 e. The Morgan fingerprint density at radius 2 is 0.812 bits per heavy atom. The highest BCUT2D eigenvalue weighted by Crippen LogP contribution is 2.04. The number of nitrogens with one attached hydrogen (secondary N) is 2. The quantitative estimate of drug-likeness (QED) is 0.0174. The van der Waals surface area contributed by atoms with Crippen molar-refractivity contribution in [1.29, 1.82) is 0 Å². The first-order valence-corrected chi connectivity index (χ1v) is 33.0. The number of aliphatic carboxylic acids is 2. The van der Waals surface area contributed by atoms with Gasteiger partial charge in [-0.15, -0.1) is 0 Å². The molecule has 0 amide bonds. The molecule has 0 aliphatic heterocycles. The number of carboxylic acids is 2. The van der Waals surface area contributed by atoms with Crippen LogP contribution in [0.15, 0.2) is 0 Å². The third kappa shape index (κ3) is 123. The summed E-state index contributed by atoms with van der Waals surface area (Å²) in [7, 11) is 5.95. The topological polar surface area (TPSA) is 227 Å². The summed E-state index contributed by atoms with van der Waals surface area (Å²) in [6, 6.07) is 0. The first kappa shape index (κ1) is 100. The predicted octanol–water partition coefficient (Wildman–Crippen LogP) is 13.8. The lowest BCUT2D eigenvalue weighted by molar-refractivity contribution is -0.150. The third-order valence-electron chi connectivity index (χ3n) is 11.3. The van der Waals surface area contributed by atoms with Gasteiger partial charge in [-0.1, -0.05) is 192 Å². The number of rotatable bonds is 37. The van der Waals surface area contributed by atoms with Crippen LogP contribution in [0, 0.1) is 0 Å². The number of aliphatic hydroxyl groups is 2. The Hall–Kier alpha value is -1.96. The molecule has 8 N–H and O–H groups in total. The number of nitrogens with two attached hydrogens (primary N) is 1. The van der Waals surface area contributed by atoms with Crippen molar-refractivity contribution in [1.82, 2.24) is 25.3 Å². The molecule has 0 saturated heterocycles. The molecule has 0 rings (SSSR count). The molecule has 80 heavy (non-hydrogen) atoms. The maximum absolute atomic E-state index is 11.5. The second-order valence-electron chi connectivity index (χ2n) is 19.5. The third-order valence-corrected chi connectivity index (χ3v) is 11.3. The number of carboxylic acid groups (broad SMARTS) is 2. The fourth-order valence-corrected chi connectivity index (χ4v) is 5.22. The summed E-state index contributed by atoms with van der Waals surface area (Å²) in [4.78, 5) is 48.8. The van der Waals surface area contributed by atoms with Crippen LogP contribution in [0.1, 0.15) is 266 Å². The molecule has 17 heteroatoms. The number of ether oxygens (including phenoxy) is 2. The van der Waals surface area contributed by atoms with Gasteiger partial charge in [-0.3, -0.25) is 29.0 Å². The van der Waals surface area contributed by atoms with Crippen molar-refractivity contribution in [3.05, 3.63) is 0 Å². The van der Waals surface area contributed by atoms with Gasteiger partial charge in [-0.25, -0.2) is 0 Å². The maximum atomic E-state index is 11.5. The molecular formula is C63H143BrN6O10. The fourth-order valence-electron chi connectivity index (χ4n) is 5.22. The molecule has 0 aromatic rings. The van der Waals surface area contributed by atoms with Crippen molar-refractivity contribution in [3.63, 3.8) is 0 Å². The Labute approximate surface area is 506 Å². The van der Waals surface area contributed by atoms with Gasteiger partial charge < -0.3 is 51.2 Å². The van der Waals surface area contributed by atoms with E-state index in [0.717, 1.165) is 115 Å². The van der Waals surface area contributed by atoms with E-state index in [1.165, 1.54) is 71.0 Å². The van der Waals surface area contributed by atoms with Gasteiger partial charge in [0.05, 0.1) is 38.3 Å². The van der Waals surface area contributed by atoms with Crippen LogP contribution >= 0.6 is 15.9 Å². The van der Waals surface area contributed by atoms with Crippen LogP contribution in [-0.2, 0) is 28.7 Å². The maximum Gasteiger partial charge on any atom is 0.320 e. The van der Waals surface area contributed by atoms with E-state index in [1.54, 1.807) is 6.92 Å². The lowest BCUT2D eigenvalue weighted by atomic mass is 10.2. The molecular weight excluding hydrogens is 1080 g/mol. The zero-order valence-corrected chi connectivity index (χ0v) is 58.5. The molecule has 0 fully saturated rings. The molecule has 0 spiro atoms. The first-order valence-electron chi connectivity index (χ1n) is 31.9. The number of esters is 2. The number of alkyl halides is 1. The SMILES string of the molecule is CCBr.CCC(O)CC.CCC(O)CC(=O)O.CCCC.CCCCN.CCCCN(C)CC.CCCCN(C)CC(=O)O.CCCCN(C)CC(=O)OC(CC)CC.CCCCNCC.CCCCNCC(=O)OC(CC)CC. The molecule has 0 bridgehead atoms. The van der Waals surface area contributed by atoms with Crippen molar-refractivity contribution in [2.75, 3.05) is 98.5 Å². The monoisotopic (exact) mass is 1220 g/mol. The van der Waals surface area contributed by atoms with Gasteiger partial charge in [0.2, 0.25) is 0 Å². The highest BCUT2D eigenvalue weighted by atomic mass is 79.9. The summed E-state index contributed by atoms with van der Waals surface area (Å²) in [6.07, 6.45) is 22.2. The number of likely N-dealkylation sites (N-methyl/N-ethyl adjacent to an activating group) is 2. The molecule has 0 aliphatic carbocycles. The van der Waals surface area contributed by atoms with Crippen molar-refractivity contribution in [3.8, 4) is 0 Å². The lowest BCUT2D eigenvalue weighted by Gasteiger charge is -2.18. The first-order chi connectivity index (χ1) is 38.0. The number of carbonyl (C=O) groups excluding carboxylic acids is 2. The van der Waals surface area contributed by atoms with Gasteiger partial charge in [0.15, 0.2) is 0 Å². The summed E-state index contributed by atoms with van der Waals surface area (Å²) in [5, 5.41) is 41.1. The number of carbonyl (C=O) groups is 4. The fraction of sp³-hybridized carbons (Fsp3) is 0.937. The highest BCUT2D eigenvalue weighted by molar-refractivity contribution is 9.09. The van der Waals surface area contributed by atoms with Crippen molar-refractivity contribution < 1.29 is 49.1 Å². The van der Waals surface area contributed by atoms with E-state index in [0.29, 0.717) is 19.5 Å². The number of unbranched alkanes of at least 4 members (excludes halogenated alkanes) is 7. The molecule has 16 nitrogen and oxygen atoms in total. The predicted molar refractivity (Wildman–Crippen MR) is 352 cm³/mol. The summed E-state index contributed by atoms with van der Waals surface area (Å²) in [6.45, 7) is 46.8. The van der Waals surface area contributed by atoms with Crippen molar-refractivity contribution in [2.24, 2.45) is 5.73 Å². The molecule has 492 valence electrons. The van der Waals surface area contributed by atoms with Gasteiger partial charge in [-0.2, -0.15) is 0 Å². The van der Waals surface area contributed by atoms with E-state index in [1.807, 2.05) is 72.4 Å². The summed E-state index contributed by atoms with van der Waals surface area (Å²) in [5.41, 5.74) is 5.14. The molecule has 0 radical (unpaired) electrons. The van der Waals surface area contributed by atoms with Gasteiger partial charge >= 0.3 is 23.9 Å². The Kier molecular flexibility index (Phi) is 117. The smallest absolute Gasteiger partial charge is 0.320 e. The standard InChI is InChI=1S/C12H25NO2.C11H23NO2.C7H15NO2.C7H17N.C6H15N.C5H10O3.C5H12O.C4H11N.C4H10.C2H5Br/c1-5-8-9-13(4)10-12(14)15-11(6-2)7-3;1-4-7-8-12-9-11(13)14-10(5-2)6-3;1-3-4-5-8(2)6-7(9)10;1-4-6-7-8(3)5-2;1-3-5-6-7-4-2;1-2-4(6)3-5(7)8;1-3-5(6)4-2;1-2-3-4-5;1-3-4-2;1-2-3/h11H,5-10H2,1-4H3;10,12H,4-9H2,1-3H3;3-6H2,1-2H3,(H,9,10);4-7H2,1-3H3;7H,3-6H2,1-2H3;4,6H,2-3H2,1H3,(H,7,8);5-6H,3-4H2,1-2H3;2-5H2,1H3;3-4H2,1-2H3;2H2,1H3. The molecule has 0 aromatic heterocycles. The zero-order valence-electron chi connectivity index (χ0n) is 56.9. The number of hydrogen-bond donors (Lipinski definition) is 7. The summed E-state index contributed by atoms with van der Waals surface area (Å²) < 4.78 is 10.5. The minimum atomic E-state index is -0.945. The second kappa shape index (κ2) is 93.5. The average Bonchev–Trinajstić information content (AvgIpc) is 3.44. The van der Waals surface area contributed by atoms with Crippen molar-refractivity contribution in [2.45, 2.75) is 290 Å². The van der Waals surface area contributed by atoms with Crippen LogP contribution in [-0.4, -0.2) is 182 Å². The number of hydrogen-bond acceptors (Lipinski definition) is 14. The molecule has 0 aromatic carbocycles. The van der Waals surface area contributed by atoms with Gasteiger partial charge in [0, 0.05) is 5.33 Å². The van der Waals surface area contributed by atoms with Crippen LogP contribution in [0.5, 0.6) is 0 Å². The van der Waals surface area contributed by atoms with Gasteiger partial charge in [-0.05, 0) is 157 Å². The van der Waals surface area contributed by atoms with Crippen LogP contribution in [0.25, 0.3) is 0 Å². The Morgan fingerprint density at radius 3 is 1.06 bits per heavy atom. The Morgan fingerprint density at radius 1 is 0.463 bits per heavy atom. The van der Waals surface area contributed by atoms with E-state index in [-0.39, 0.29) is 43.2 Å². The number of aliphatic hydroxyl groups excluding tert-OH is 2. The van der Waals surface area contributed by atoms with E-state index < -0.39 is 18.0 Å². The molecule has 0 saturated carbocycles. The van der Waals surface area contributed by atoms with Gasteiger partial charge in [0.25, 0.3) is 0 Å². The molecule has 0 heterocycles. The number of nitrogens with zero attached hydrogens (tertiary/aromatic N) is 3. The van der Waals surface area contributed by atoms with Crippen molar-refractivity contribution >= 4 is 39.8 Å². The lowest BCUT2D eigenvalue weighted by Crippen LogP contribution is -2.30. The van der Waals surface area contributed by atoms with Crippen LogP contribution in [0.4, 0.5) is 0 Å². The summed E-state index contributed by atoms with van der Waals surface area (Å²) in [5.74, 6) is -1.92. The largest absolute Gasteiger partial charge is 0.481 e. The van der Waals surface area contributed by atoms with Crippen LogP contribution in [0.3, 0.4) is 0 Å². The minimum absolute atomic E-state index is 0.0648. The van der Waals surface area contributed by atoms with Gasteiger partial charge in [0.1, 0.15) is 12.2 Å².